The van der Waals surface area contributed by atoms with E-state index in [-0.39, 0.29) is 16.3 Å². The molecular formula is C22H24N4O4S. The number of ether oxygens (including phenoxy) is 1. The highest BCUT2D eigenvalue weighted by atomic mass is 32.2. The fourth-order valence-corrected chi connectivity index (χ4v) is 4.39. The summed E-state index contributed by atoms with van der Waals surface area (Å²) in [5.41, 5.74) is 1.38. The van der Waals surface area contributed by atoms with E-state index >= 15 is 0 Å². The van der Waals surface area contributed by atoms with Gasteiger partial charge in [0.2, 0.25) is 10.0 Å². The van der Waals surface area contributed by atoms with Crippen LogP contribution in [0, 0.1) is 6.92 Å². The maximum absolute atomic E-state index is 13.0. The van der Waals surface area contributed by atoms with Crippen LogP contribution in [-0.2, 0) is 10.0 Å². The summed E-state index contributed by atoms with van der Waals surface area (Å²) < 4.78 is 33.2. The van der Waals surface area contributed by atoms with Gasteiger partial charge in [-0.05, 0) is 37.3 Å². The minimum Gasteiger partial charge on any atom is -0.455 e. The molecule has 162 valence electrons. The number of aryl methyl sites for hydroxylation is 1. The van der Waals surface area contributed by atoms with Gasteiger partial charge in [0.15, 0.2) is 5.75 Å². The standard InChI is InChI=1S/C22H24N4O4S/c1-4-26(5-2)31(28,29)18-10-11-21(30-17-8-6-16(3)7-9-17)19(14-18)25-22(27)20-15-23-12-13-24-20/h6-15H,4-5H2,1-3H3,(H,25,27). The Morgan fingerprint density at radius 2 is 1.77 bits per heavy atom. The van der Waals surface area contributed by atoms with Crippen LogP contribution in [0.2, 0.25) is 0 Å². The molecule has 0 unspecified atom stereocenters. The lowest BCUT2D eigenvalue weighted by Gasteiger charge is -2.20. The number of carbonyl (C=O) groups excluding carboxylic acids is 1. The molecule has 0 aliphatic rings. The van der Waals surface area contributed by atoms with Gasteiger partial charge in [-0.25, -0.2) is 13.4 Å². The smallest absolute Gasteiger partial charge is 0.275 e. The number of nitrogens with zero attached hydrogens (tertiary/aromatic N) is 3. The molecule has 1 heterocycles. The quantitative estimate of drug-likeness (QED) is 0.571. The predicted molar refractivity (Wildman–Crippen MR) is 118 cm³/mol. The number of carbonyl (C=O) groups is 1. The van der Waals surface area contributed by atoms with Crippen LogP contribution in [0.15, 0.2) is 66.0 Å². The minimum absolute atomic E-state index is 0.0573. The molecule has 2 aromatic carbocycles. The van der Waals surface area contributed by atoms with E-state index < -0.39 is 15.9 Å². The molecule has 0 fully saturated rings. The van der Waals surface area contributed by atoms with E-state index in [1.807, 2.05) is 19.1 Å². The summed E-state index contributed by atoms with van der Waals surface area (Å²) >= 11 is 0. The second kappa shape index (κ2) is 9.67. The number of nitrogens with one attached hydrogen (secondary N) is 1. The summed E-state index contributed by atoms with van der Waals surface area (Å²) in [6, 6.07) is 11.8. The largest absolute Gasteiger partial charge is 0.455 e. The summed E-state index contributed by atoms with van der Waals surface area (Å²) in [6.07, 6.45) is 4.19. The Hall–Kier alpha value is -3.30. The Bertz CT molecular complexity index is 1150. The second-order valence-corrected chi connectivity index (χ2v) is 8.65. The zero-order valence-electron chi connectivity index (χ0n) is 17.6. The Morgan fingerprint density at radius 1 is 1.06 bits per heavy atom. The Labute approximate surface area is 182 Å². The molecule has 0 radical (unpaired) electrons. The second-order valence-electron chi connectivity index (χ2n) is 6.71. The van der Waals surface area contributed by atoms with E-state index in [2.05, 4.69) is 15.3 Å². The lowest BCUT2D eigenvalue weighted by Crippen LogP contribution is -2.30. The van der Waals surface area contributed by atoms with Crippen molar-refractivity contribution in [2.24, 2.45) is 0 Å². The summed E-state index contributed by atoms with van der Waals surface area (Å²) in [7, 11) is -3.72. The van der Waals surface area contributed by atoms with Gasteiger partial charge in [0.05, 0.1) is 16.8 Å². The fourth-order valence-electron chi connectivity index (χ4n) is 2.90. The van der Waals surface area contributed by atoms with Crippen molar-refractivity contribution in [3.63, 3.8) is 0 Å². The topological polar surface area (TPSA) is 101 Å². The first-order chi connectivity index (χ1) is 14.8. The van der Waals surface area contributed by atoms with Gasteiger partial charge in [-0.2, -0.15) is 4.31 Å². The van der Waals surface area contributed by atoms with Crippen molar-refractivity contribution >= 4 is 21.6 Å². The first-order valence-electron chi connectivity index (χ1n) is 9.81. The van der Waals surface area contributed by atoms with Crippen LogP contribution < -0.4 is 10.1 Å². The molecular weight excluding hydrogens is 416 g/mol. The van der Waals surface area contributed by atoms with Crippen molar-refractivity contribution in [3.05, 3.63) is 72.3 Å². The third kappa shape index (κ3) is 5.25. The Kier molecular flexibility index (Phi) is 6.98. The molecule has 0 atom stereocenters. The fraction of sp³-hybridized carbons (Fsp3) is 0.227. The number of sulfonamides is 1. The van der Waals surface area contributed by atoms with Crippen molar-refractivity contribution < 1.29 is 17.9 Å². The molecule has 0 saturated carbocycles. The van der Waals surface area contributed by atoms with E-state index in [0.29, 0.717) is 24.6 Å². The SMILES string of the molecule is CCN(CC)S(=O)(=O)c1ccc(Oc2ccc(C)cc2)c(NC(=O)c2cnccn2)c1. The van der Waals surface area contributed by atoms with Crippen LogP contribution in [0.1, 0.15) is 29.9 Å². The number of benzene rings is 2. The maximum atomic E-state index is 13.0. The van der Waals surface area contributed by atoms with Crippen LogP contribution in [0.5, 0.6) is 11.5 Å². The molecule has 0 aliphatic carbocycles. The predicted octanol–water partition coefficient (Wildman–Crippen LogP) is 3.86. The van der Waals surface area contributed by atoms with E-state index in [0.717, 1.165) is 5.56 Å². The number of aromatic nitrogens is 2. The van der Waals surface area contributed by atoms with Crippen molar-refractivity contribution in [3.8, 4) is 11.5 Å². The van der Waals surface area contributed by atoms with Gasteiger partial charge in [-0.3, -0.25) is 9.78 Å². The lowest BCUT2D eigenvalue weighted by atomic mass is 10.2. The molecule has 3 aromatic rings. The van der Waals surface area contributed by atoms with Gasteiger partial charge in [-0.1, -0.05) is 31.5 Å². The van der Waals surface area contributed by atoms with Gasteiger partial charge < -0.3 is 10.1 Å². The monoisotopic (exact) mass is 440 g/mol. The van der Waals surface area contributed by atoms with Crippen molar-refractivity contribution in [2.75, 3.05) is 18.4 Å². The Balaban J connectivity index is 2.01. The van der Waals surface area contributed by atoms with E-state index in [1.165, 1.54) is 41.1 Å². The molecule has 3 rings (SSSR count). The third-order valence-electron chi connectivity index (χ3n) is 4.59. The molecule has 9 heteroatoms. The van der Waals surface area contributed by atoms with Gasteiger partial charge in [0.25, 0.3) is 5.91 Å². The zero-order chi connectivity index (χ0) is 22.4. The number of rotatable bonds is 8. The van der Waals surface area contributed by atoms with Crippen LogP contribution in [0.4, 0.5) is 5.69 Å². The summed E-state index contributed by atoms with van der Waals surface area (Å²) in [5, 5.41) is 2.70. The van der Waals surface area contributed by atoms with Gasteiger partial charge in [0, 0.05) is 25.5 Å². The van der Waals surface area contributed by atoms with E-state index in [1.54, 1.807) is 26.0 Å². The lowest BCUT2D eigenvalue weighted by molar-refractivity contribution is 0.102. The molecule has 1 aromatic heterocycles. The molecule has 0 aliphatic heterocycles. The van der Waals surface area contributed by atoms with E-state index in [9.17, 15) is 13.2 Å². The highest BCUT2D eigenvalue weighted by Gasteiger charge is 2.24. The third-order valence-corrected chi connectivity index (χ3v) is 6.63. The number of hydrogen-bond acceptors (Lipinski definition) is 6. The average Bonchev–Trinajstić information content (AvgIpc) is 2.77. The number of amides is 1. The molecule has 0 saturated heterocycles. The molecule has 8 nitrogen and oxygen atoms in total. The van der Waals surface area contributed by atoms with Crippen molar-refractivity contribution in [2.45, 2.75) is 25.7 Å². The number of anilines is 1. The van der Waals surface area contributed by atoms with Crippen molar-refractivity contribution in [1.82, 2.24) is 14.3 Å². The summed E-state index contributed by atoms with van der Waals surface area (Å²) in [6.45, 7) is 6.17. The zero-order valence-corrected chi connectivity index (χ0v) is 18.4. The Morgan fingerprint density at radius 3 is 2.39 bits per heavy atom. The van der Waals surface area contributed by atoms with Crippen LogP contribution in [0.25, 0.3) is 0 Å². The normalized spacial score (nSPS) is 11.4. The molecule has 31 heavy (non-hydrogen) atoms. The summed E-state index contributed by atoms with van der Waals surface area (Å²) in [4.78, 5) is 20.6. The van der Waals surface area contributed by atoms with Crippen LogP contribution in [0.3, 0.4) is 0 Å². The highest BCUT2D eigenvalue weighted by Crippen LogP contribution is 2.33. The maximum Gasteiger partial charge on any atom is 0.275 e. The summed E-state index contributed by atoms with van der Waals surface area (Å²) in [5.74, 6) is 0.332. The van der Waals surface area contributed by atoms with Crippen LogP contribution >= 0.6 is 0 Å². The van der Waals surface area contributed by atoms with Gasteiger partial charge in [-0.15, -0.1) is 0 Å². The molecule has 0 bridgehead atoms. The van der Waals surface area contributed by atoms with Gasteiger partial charge in [0.1, 0.15) is 11.4 Å². The van der Waals surface area contributed by atoms with E-state index in [4.69, 9.17) is 4.74 Å². The number of hydrogen-bond donors (Lipinski definition) is 1. The van der Waals surface area contributed by atoms with Gasteiger partial charge >= 0.3 is 0 Å². The molecule has 1 amide bonds. The minimum atomic E-state index is -3.72. The highest BCUT2D eigenvalue weighted by molar-refractivity contribution is 7.89. The first-order valence-corrected chi connectivity index (χ1v) is 11.2. The van der Waals surface area contributed by atoms with Crippen molar-refractivity contribution in [1.29, 1.82) is 0 Å². The molecule has 0 spiro atoms. The average molecular weight is 441 g/mol. The first kappa shape index (κ1) is 22.4. The molecule has 1 N–H and O–H groups in total. The van der Waals surface area contributed by atoms with Crippen LogP contribution in [-0.4, -0.2) is 41.7 Å².